The first-order valence-electron chi connectivity index (χ1n) is 8.43. The number of amides is 1. The number of rotatable bonds is 3. The summed E-state index contributed by atoms with van der Waals surface area (Å²) in [7, 11) is 1.64. The standard InChI is InChI=1S/C19H22N2O4/c1-25-16-7-5-13(6-8-16)14-4-2-3-9-21(12-14)19(24)15-10-17(22)20-18(23)11-15/h5-8,10-11,14H,2-4,9,12H2,1H3,(H2,20,22,23). The minimum Gasteiger partial charge on any atom is -0.497 e. The number of hydrogen-bond acceptors (Lipinski definition) is 4. The number of likely N-dealkylation sites (tertiary alicyclic amines) is 1. The smallest absolute Gasteiger partial charge is 0.254 e. The minimum absolute atomic E-state index is 0.219. The molecule has 2 aromatic rings. The van der Waals surface area contributed by atoms with Gasteiger partial charge in [0.15, 0.2) is 5.88 Å². The Kier molecular flexibility index (Phi) is 5.07. The number of aromatic hydroxyl groups is 1. The Morgan fingerprint density at radius 2 is 2.00 bits per heavy atom. The van der Waals surface area contributed by atoms with Gasteiger partial charge in [-0.15, -0.1) is 0 Å². The Hall–Kier alpha value is -2.76. The molecule has 1 unspecified atom stereocenters. The third-order valence-electron chi connectivity index (χ3n) is 4.62. The highest BCUT2D eigenvalue weighted by atomic mass is 16.5. The number of hydrogen-bond donors (Lipinski definition) is 2. The number of aromatic nitrogens is 1. The fraction of sp³-hybridized carbons (Fsp3) is 0.368. The first kappa shape index (κ1) is 17.1. The Bertz CT molecular complexity index is 798. The summed E-state index contributed by atoms with van der Waals surface area (Å²) in [6.45, 7) is 1.25. The molecule has 2 N–H and O–H groups in total. The van der Waals surface area contributed by atoms with E-state index in [1.165, 1.54) is 17.7 Å². The molecule has 1 atom stereocenters. The molecule has 0 radical (unpaired) electrons. The molecular weight excluding hydrogens is 320 g/mol. The minimum atomic E-state index is -0.482. The van der Waals surface area contributed by atoms with Crippen LogP contribution in [-0.4, -0.2) is 41.1 Å². The number of nitrogens with zero attached hydrogens (tertiary/aromatic N) is 1. The van der Waals surface area contributed by atoms with E-state index < -0.39 is 5.56 Å². The zero-order valence-electron chi connectivity index (χ0n) is 14.2. The largest absolute Gasteiger partial charge is 0.497 e. The SMILES string of the molecule is COc1ccc(C2CCCCN(C(=O)c3cc(O)[nH]c(=O)c3)C2)cc1. The second kappa shape index (κ2) is 7.42. The van der Waals surface area contributed by atoms with Crippen molar-refractivity contribution >= 4 is 5.91 Å². The van der Waals surface area contributed by atoms with E-state index >= 15 is 0 Å². The molecule has 1 saturated heterocycles. The van der Waals surface area contributed by atoms with Gasteiger partial charge in [-0.1, -0.05) is 18.6 Å². The van der Waals surface area contributed by atoms with E-state index in [0.29, 0.717) is 13.1 Å². The molecule has 1 aromatic heterocycles. The van der Waals surface area contributed by atoms with E-state index in [2.05, 4.69) is 4.98 Å². The fourth-order valence-electron chi connectivity index (χ4n) is 3.31. The normalized spacial score (nSPS) is 17.8. The average Bonchev–Trinajstić information content (AvgIpc) is 2.86. The Balaban J connectivity index is 1.81. The molecule has 2 heterocycles. The van der Waals surface area contributed by atoms with Gasteiger partial charge in [0.05, 0.1) is 12.7 Å². The van der Waals surface area contributed by atoms with Crippen LogP contribution in [0, 0.1) is 0 Å². The molecular formula is C19H22N2O4. The first-order valence-corrected chi connectivity index (χ1v) is 8.43. The zero-order valence-corrected chi connectivity index (χ0v) is 14.2. The molecule has 1 fully saturated rings. The van der Waals surface area contributed by atoms with Gasteiger partial charge < -0.3 is 14.7 Å². The van der Waals surface area contributed by atoms with Gasteiger partial charge in [0, 0.05) is 31.1 Å². The molecule has 1 aliphatic heterocycles. The second-order valence-electron chi connectivity index (χ2n) is 6.34. The van der Waals surface area contributed by atoms with Gasteiger partial charge in [-0.25, -0.2) is 0 Å². The highest BCUT2D eigenvalue weighted by Crippen LogP contribution is 2.28. The predicted octanol–water partition coefficient (Wildman–Crippen LogP) is 2.50. The summed E-state index contributed by atoms with van der Waals surface area (Å²) in [5, 5.41) is 9.54. The molecule has 0 aliphatic carbocycles. The quantitative estimate of drug-likeness (QED) is 0.898. The maximum atomic E-state index is 12.8. The van der Waals surface area contributed by atoms with Gasteiger partial charge in [0.2, 0.25) is 0 Å². The molecule has 0 spiro atoms. The lowest BCUT2D eigenvalue weighted by Gasteiger charge is -2.25. The lowest BCUT2D eigenvalue weighted by atomic mass is 9.94. The van der Waals surface area contributed by atoms with E-state index in [1.807, 2.05) is 24.3 Å². The number of ether oxygens (including phenoxy) is 1. The molecule has 1 aromatic carbocycles. The molecule has 0 saturated carbocycles. The van der Waals surface area contributed by atoms with E-state index in [4.69, 9.17) is 4.74 Å². The van der Waals surface area contributed by atoms with E-state index in [0.717, 1.165) is 25.0 Å². The number of carbonyl (C=O) groups is 1. The predicted molar refractivity (Wildman–Crippen MR) is 94.2 cm³/mol. The van der Waals surface area contributed by atoms with Crippen LogP contribution in [0.25, 0.3) is 0 Å². The molecule has 25 heavy (non-hydrogen) atoms. The number of H-pyrrole nitrogens is 1. The van der Waals surface area contributed by atoms with Gasteiger partial charge in [-0.2, -0.15) is 0 Å². The molecule has 3 rings (SSSR count). The number of aromatic amines is 1. The second-order valence-corrected chi connectivity index (χ2v) is 6.34. The third-order valence-corrected chi connectivity index (χ3v) is 4.62. The Labute approximate surface area is 146 Å². The van der Waals surface area contributed by atoms with Crippen LogP contribution in [0.15, 0.2) is 41.2 Å². The summed E-state index contributed by atoms with van der Waals surface area (Å²) in [6.07, 6.45) is 2.98. The lowest BCUT2D eigenvalue weighted by Crippen LogP contribution is -2.34. The van der Waals surface area contributed by atoms with Crippen LogP contribution < -0.4 is 10.3 Å². The van der Waals surface area contributed by atoms with Gasteiger partial charge in [0.1, 0.15) is 5.75 Å². The summed E-state index contributed by atoms with van der Waals surface area (Å²) < 4.78 is 5.20. The van der Waals surface area contributed by atoms with Crippen molar-refractivity contribution in [3.05, 3.63) is 57.9 Å². The van der Waals surface area contributed by atoms with Crippen LogP contribution in [0.4, 0.5) is 0 Å². The van der Waals surface area contributed by atoms with Crippen LogP contribution >= 0.6 is 0 Å². The third kappa shape index (κ3) is 4.02. The highest BCUT2D eigenvalue weighted by Gasteiger charge is 2.24. The van der Waals surface area contributed by atoms with Crippen molar-refractivity contribution in [2.24, 2.45) is 0 Å². The van der Waals surface area contributed by atoms with Gasteiger partial charge in [0.25, 0.3) is 11.5 Å². The molecule has 132 valence electrons. The monoisotopic (exact) mass is 342 g/mol. The highest BCUT2D eigenvalue weighted by molar-refractivity contribution is 5.94. The van der Waals surface area contributed by atoms with Crippen LogP contribution in [0.1, 0.15) is 41.1 Å². The van der Waals surface area contributed by atoms with Crippen LogP contribution in [0.3, 0.4) is 0 Å². The maximum absolute atomic E-state index is 12.8. The lowest BCUT2D eigenvalue weighted by molar-refractivity contribution is 0.0753. The summed E-state index contributed by atoms with van der Waals surface area (Å²) in [5.74, 6) is 0.538. The summed E-state index contributed by atoms with van der Waals surface area (Å²) in [5.41, 5.74) is 0.913. The van der Waals surface area contributed by atoms with Crippen molar-refractivity contribution in [3.8, 4) is 11.6 Å². The van der Waals surface area contributed by atoms with Crippen molar-refractivity contribution in [3.63, 3.8) is 0 Å². The number of carbonyl (C=O) groups excluding carboxylic acids is 1. The number of pyridine rings is 1. The topological polar surface area (TPSA) is 82.6 Å². The summed E-state index contributed by atoms with van der Waals surface area (Å²) >= 11 is 0. The number of benzene rings is 1. The Morgan fingerprint density at radius 1 is 1.24 bits per heavy atom. The number of methoxy groups -OCH3 is 1. The van der Waals surface area contributed by atoms with Gasteiger partial charge in [-0.05, 0) is 30.5 Å². The van der Waals surface area contributed by atoms with E-state index in [1.54, 1.807) is 12.0 Å². The van der Waals surface area contributed by atoms with Crippen molar-refractivity contribution in [1.82, 2.24) is 9.88 Å². The van der Waals surface area contributed by atoms with Crippen LogP contribution in [-0.2, 0) is 0 Å². The summed E-state index contributed by atoms with van der Waals surface area (Å²) in [6, 6.07) is 10.5. The van der Waals surface area contributed by atoms with E-state index in [9.17, 15) is 14.7 Å². The molecule has 1 amide bonds. The first-order chi connectivity index (χ1) is 12.1. The number of nitrogens with one attached hydrogen (secondary N) is 1. The van der Waals surface area contributed by atoms with Crippen molar-refractivity contribution in [2.45, 2.75) is 25.2 Å². The van der Waals surface area contributed by atoms with Gasteiger partial charge in [-0.3, -0.25) is 14.6 Å². The van der Waals surface area contributed by atoms with E-state index in [-0.39, 0.29) is 23.3 Å². The fourth-order valence-corrected chi connectivity index (χ4v) is 3.31. The Morgan fingerprint density at radius 3 is 2.68 bits per heavy atom. The maximum Gasteiger partial charge on any atom is 0.254 e. The van der Waals surface area contributed by atoms with Gasteiger partial charge >= 0.3 is 0 Å². The van der Waals surface area contributed by atoms with Crippen LogP contribution in [0.5, 0.6) is 11.6 Å². The van der Waals surface area contributed by atoms with Crippen LogP contribution in [0.2, 0.25) is 0 Å². The summed E-state index contributed by atoms with van der Waals surface area (Å²) in [4.78, 5) is 28.3. The van der Waals surface area contributed by atoms with Crippen molar-refractivity contribution < 1.29 is 14.6 Å². The molecule has 1 aliphatic rings. The van der Waals surface area contributed by atoms with Crippen molar-refractivity contribution in [2.75, 3.05) is 20.2 Å². The molecule has 6 nitrogen and oxygen atoms in total. The molecule has 6 heteroatoms. The zero-order chi connectivity index (χ0) is 17.8. The average molecular weight is 342 g/mol. The van der Waals surface area contributed by atoms with Crippen molar-refractivity contribution in [1.29, 1.82) is 0 Å². The molecule has 0 bridgehead atoms.